The van der Waals surface area contributed by atoms with E-state index in [9.17, 15) is 21.6 Å². The zero-order valence-corrected chi connectivity index (χ0v) is 15.3. The molecule has 0 saturated carbocycles. The van der Waals surface area contributed by atoms with Crippen LogP contribution in [0.25, 0.3) is 0 Å². The van der Waals surface area contributed by atoms with Crippen molar-refractivity contribution in [3.8, 4) is 5.75 Å². The van der Waals surface area contributed by atoms with Crippen molar-refractivity contribution in [2.75, 3.05) is 16.7 Å². The molecule has 8 nitrogen and oxygen atoms in total. The van der Waals surface area contributed by atoms with E-state index in [0.29, 0.717) is 4.31 Å². The summed E-state index contributed by atoms with van der Waals surface area (Å²) in [5.74, 6) is -0.775. The van der Waals surface area contributed by atoms with Crippen LogP contribution in [0.15, 0.2) is 23.1 Å². The first-order valence-electron chi connectivity index (χ1n) is 7.43. The molecule has 2 rings (SSSR count). The molecule has 1 aliphatic rings. The lowest BCUT2D eigenvalue weighted by molar-refractivity contribution is -0.116. The summed E-state index contributed by atoms with van der Waals surface area (Å²) >= 11 is 0. The maximum atomic E-state index is 12.5. The van der Waals surface area contributed by atoms with Crippen LogP contribution in [0, 0.1) is 0 Å². The van der Waals surface area contributed by atoms with E-state index < -0.39 is 26.0 Å². The molecule has 24 heavy (non-hydrogen) atoms. The van der Waals surface area contributed by atoms with Crippen molar-refractivity contribution in [2.24, 2.45) is 0 Å². The van der Waals surface area contributed by atoms with Gasteiger partial charge in [0.05, 0.1) is 18.0 Å². The highest BCUT2D eigenvalue weighted by atomic mass is 32.2. The summed E-state index contributed by atoms with van der Waals surface area (Å²) < 4.78 is 57.5. The summed E-state index contributed by atoms with van der Waals surface area (Å²) in [7, 11) is -7.70. The van der Waals surface area contributed by atoms with Crippen LogP contribution in [0.2, 0.25) is 0 Å². The number of benzene rings is 1. The molecular weight excluding hydrogens is 356 g/mol. The zero-order chi connectivity index (χ0) is 18.1. The van der Waals surface area contributed by atoms with Gasteiger partial charge in [0.15, 0.2) is 0 Å². The Morgan fingerprint density at radius 1 is 1.33 bits per heavy atom. The fraction of sp³-hybridized carbons (Fsp3) is 0.500. The summed E-state index contributed by atoms with van der Waals surface area (Å²) in [6.45, 7) is 5.27. The molecule has 1 N–H and O–H groups in total. The van der Waals surface area contributed by atoms with E-state index in [0.717, 1.165) is 6.07 Å². The van der Waals surface area contributed by atoms with Gasteiger partial charge in [-0.05, 0) is 39.0 Å². The van der Waals surface area contributed by atoms with Gasteiger partial charge in [0, 0.05) is 12.5 Å². The monoisotopic (exact) mass is 376 g/mol. The highest BCUT2D eigenvalue weighted by Gasteiger charge is 2.37. The molecule has 0 unspecified atom stereocenters. The molecule has 0 spiro atoms. The number of nitrogens with one attached hydrogen (secondary N) is 1. The Morgan fingerprint density at radius 3 is 2.50 bits per heavy atom. The highest BCUT2D eigenvalue weighted by molar-refractivity contribution is 7.94. The number of hydrogen-bond acceptors (Lipinski definition) is 6. The first-order chi connectivity index (χ1) is 11.1. The molecule has 0 aliphatic carbocycles. The van der Waals surface area contributed by atoms with Crippen LogP contribution in [0.4, 0.5) is 5.69 Å². The van der Waals surface area contributed by atoms with Crippen molar-refractivity contribution in [1.82, 2.24) is 4.72 Å². The summed E-state index contributed by atoms with van der Waals surface area (Å²) in [5.41, 5.74) is -0.00918. The van der Waals surface area contributed by atoms with E-state index in [1.165, 1.54) is 12.1 Å². The minimum Gasteiger partial charge on any atom is -0.492 e. The molecule has 1 aromatic carbocycles. The van der Waals surface area contributed by atoms with Gasteiger partial charge < -0.3 is 4.74 Å². The van der Waals surface area contributed by atoms with Gasteiger partial charge in [-0.3, -0.25) is 4.79 Å². The van der Waals surface area contributed by atoms with Crippen molar-refractivity contribution < 1.29 is 26.4 Å². The normalized spacial score (nSPS) is 17.5. The van der Waals surface area contributed by atoms with Crippen molar-refractivity contribution >= 4 is 31.6 Å². The third kappa shape index (κ3) is 3.70. The van der Waals surface area contributed by atoms with Gasteiger partial charge in [-0.15, -0.1) is 0 Å². The third-order valence-corrected chi connectivity index (χ3v) is 6.59. The molecule has 1 amide bonds. The van der Waals surface area contributed by atoms with Crippen LogP contribution in [-0.2, 0) is 24.8 Å². The number of carbonyl (C=O) groups excluding carboxylic acids is 1. The van der Waals surface area contributed by atoms with E-state index in [4.69, 9.17) is 4.74 Å². The first kappa shape index (κ1) is 18.7. The van der Waals surface area contributed by atoms with Gasteiger partial charge in [0.2, 0.25) is 26.0 Å². The van der Waals surface area contributed by atoms with Crippen LogP contribution >= 0.6 is 0 Å². The Hall–Kier alpha value is -1.65. The van der Waals surface area contributed by atoms with Crippen LogP contribution in [0.5, 0.6) is 5.75 Å². The molecule has 134 valence electrons. The van der Waals surface area contributed by atoms with Gasteiger partial charge in [-0.25, -0.2) is 25.9 Å². The highest BCUT2D eigenvalue weighted by Crippen LogP contribution is 2.32. The molecule has 0 bridgehead atoms. The largest absolute Gasteiger partial charge is 0.492 e. The zero-order valence-electron chi connectivity index (χ0n) is 13.6. The Bertz CT molecular complexity index is 846. The summed E-state index contributed by atoms with van der Waals surface area (Å²) in [6, 6.07) is 3.51. The standard InChI is InChI=1S/C14H20N2O6S2/c1-4-22-12-6-5-11(16-14(17)7-8-23(16,18)19)9-13(12)24(20,21)15-10(2)3/h5-6,9-10,15H,4,7-8H2,1-3H3. The van der Waals surface area contributed by atoms with Crippen molar-refractivity contribution in [2.45, 2.75) is 38.1 Å². The fourth-order valence-corrected chi connectivity index (χ4v) is 5.22. The van der Waals surface area contributed by atoms with Crippen LogP contribution in [0.1, 0.15) is 27.2 Å². The average molecular weight is 376 g/mol. The van der Waals surface area contributed by atoms with E-state index in [1.54, 1.807) is 20.8 Å². The molecule has 0 radical (unpaired) electrons. The van der Waals surface area contributed by atoms with E-state index in [2.05, 4.69) is 4.72 Å². The smallest absolute Gasteiger partial charge is 0.244 e. The lowest BCUT2D eigenvalue weighted by Crippen LogP contribution is -2.32. The number of anilines is 1. The maximum absolute atomic E-state index is 12.5. The lowest BCUT2D eigenvalue weighted by Gasteiger charge is -2.19. The molecule has 1 fully saturated rings. The SMILES string of the molecule is CCOc1ccc(N2C(=O)CCS2(=O)=O)cc1S(=O)(=O)NC(C)C. The molecule has 1 aliphatic heterocycles. The number of ether oxygens (including phenoxy) is 1. The minimum absolute atomic E-state index is 0.00918. The molecule has 10 heteroatoms. The molecular formula is C14H20N2O6S2. The van der Waals surface area contributed by atoms with Gasteiger partial charge in [-0.2, -0.15) is 0 Å². The van der Waals surface area contributed by atoms with Crippen molar-refractivity contribution in [3.05, 3.63) is 18.2 Å². The third-order valence-electron chi connectivity index (χ3n) is 3.22. The van der Waals surface area contributed by atoms with Crippen LogP contribution in [-0.4, -0.2) is 41.1 Å². The second kappa shape index (κ2) is 6.69. The molecule has 1 aromatic rings. The lowest BCUT2D eigenvalue weighted by atomic mass is 10.3. The van der Waals surface area contributed by atoms with Crippen LogP contribution in [0.3, 0.4) is 0 Å². The topological polar surface area (TPSA) is 110 Å². The summed E-state index contributed by atoms with van der Waals surface area (Å²) in [4.78, 5) is 11.7. The maximum Gasteiger partial charge on any atom is 0.244 e. The molecule has 1 saturated heterocycles. The van der Waals surface area contributed by atoms with E-state index in [-0.39, 0.29) is 41.2 Å². The Labute approximate surface area is 141 Å². The second-order valence-electron chi connectivity index (χ2n) is 5.56. The summed E-state index contributed by atoms with van der Waals surface area (Å²) in [5, 5.41) is 0. The van der Waals surface area contributed by atoms with Gasteiger partial charge in [0.25, 0.3) is 0 Å². The van der Waals surface area contributed by atoms with Crippen LogP contribution < -0.4 is 13.8 Å². The van der Waals surface area contributed by atoms with Gasteiger partial charge in [0.1, 0.15) is 10.6 Å². The van der Waals surface area contributed by atoms with Gasteiger partial charge >= 0.3 is 0 Å². The second-order valence-corrected chi connectivity index (χ2v) is 9.18. The molecule has 0 aromatic heterocycles. The fourth-order valence-electron chi connectivity index (χ4n) is 2.35. The first-order valence-corrected chi connectivity index (χ1v) is 10.5. The minimum atomic E-state index is -3.93. The van der Waals surface area contributed by atoms with E-state index >= 15 is 0 Å². The summed E-state index contributed by atoms with van der Waals surface area (Å²) in [6.07, 6.45) is -0.123. The van der Waals surface area contributed by atoms with E-state index in [1.807, 2.05) is 0 Å². The van der Waals surface area contributed by atoms with Crippen molar-refractivity contribution in [3.63, 3.8) is 0 Å². The Kier molecular flexibility index (Phi) is 5.21. The number of nitrogens with zero attached hydrogens (tertiary/aromatic N) is 1. The Balaban J connectivity index is 2.59. The predicted octanol–water partition coefficient (Wildman–Crippen LogP) is 0.839. The average Bonchev–Trinajstić information content (AvgIpc) is 2.72. The quantitative estimate of drug-likeness (QED) is 0.788. The predicted molar refractivity (Wildman–Crippen MR) is 89.0 cm³/mol. The molecule has 1 heterocycles. The number of sulfonamides is 2. The number of carbonyl (C=O) groups is 1. The number of amides is 1. The molecule has 0 atom stereocenters. The Morgan fingerprint density at radius 2 is 2.00 bits per heavy atom. The van der Waals surface area contributed by atoms with Crippen molar-refractivity contribution in [1.29, 1.82) is 0 Å². The number of rotatable bonds is 6. The number of hydrogen-bond donors (Lipinski definition) is 1. The van der Waals surface area contributed by atoms with Gasteiger partial charge in [-0.1, -0.05) is 0 Å².